The van der Waals surface area contributed by atoms with Gasteiger partial charge in [0.15, 0.2) is 17.0 Å². The number of para-hydroxylation sites is 2. The number of rotatable bonds is 5. The zero-order chi connectivity index (χ0) is 17.2. The van der Waals surface area contributed by atoms with Crippen molar-refractivity contribution in [1.29, 1.82) is 0 Å². The fourth-order valence-electron chi connectivity index (χ4n) is 2.95. The smallest absolute Gasteiger partial charge is 0.200 e. The van der Waals surface area contributed by atoms with Crippen molar-refractivity contribution in [3.8, 4) is 5.75 Å². The number of halogens is 1. The van der Waals surface area contributed by atoms with E-state index >= 15 is 0 Å². The molecule has 3 heterocycles. The Labute approximate surface area is 153 Å². The Morgan fingerprint density at radius 1 is 1.36 bits per heavy atom. The molecular weight excluding hydrogens is 386 g/mol. The summed E-state index contributed by atoms with van der Waals surface area (Å²) < 4.78 is 13.9. The number of ether oxygens (including phenoxy) is 2. The Balaban J connectivity index is 1.75. The highest BCUT2D eigenvalue weighted by molar-refractivity contribution is 9.10. The van der Waals surface area contributed by atoms with Crippen molar-refractivity contribution >= 4 is 38.6 Å². The molecule has 1 fully saturated rings. The van der Waals surface area contributed by atoms with E-state index < -0.39 is 0 Å². The van der Waals surface area contributed by atoms with Gasteiger partial charge in [-0.25, -0.2) is 15.0 Å². The number of fused-ring (bicyclic) bond motifs is 1. The van der Waals surface area contributed by atoms with E-state index in [2.05, 4.69) is 36.2 Å². The summed E-state index contributed by atoms with van der Waals surface area (Å²) in [5.74, 6) is 1.40. The number of hydrogen-bond donors (Lipinski definition) is 1. The maximum Gasteiger partial charge on any atom is 0.200 e. The van der Waals surface area contributed by atoms with Gasteiger partial charge in [0.05, 0.1) is 18.6 Å². The third-order valence-corrected chi connectivity index (χ3v) is 4.40. The van der Waals surface area contributed by atoms with Crippen LogP contribution in [-0.4, -0.2) is 32.7 Å². The second kappa shape index (κ2) is 6.97. The van der Waals surface area contributed by atoms with Crippen molar-refractivity contribution in [1.82, 2.24) is 19.5 Å². The zero-order valence-electron chi connectivity index (χ0n) is 13.8. The molecule has 1 aromatic carbocycles. The van der Waals surface area contributed by atoms with Gasteiger partial charge >= 0.3 is 0 Å². The first kappa shape index (κ1) is 16.3. The van der Waals surface area contributed by atoms with Crippen LogP contribution in [0.4, 0.5) is 11.5 Å². The molecule has 2 aromatic heterocycles. The highest BCUT2D eigenvalue weighted by Gasteiger charge is 2.22. The summed E-state index contributed by atoms with van der Waals surface area (Å²) in [5.41, 5.74) is 2.28. The molecule has 1 N–H and O–H groups in total. The van der Waals surface area contributed by atoms with Gasteiger partial charge in [-0.05, 0) is 47.8 Å². The van der Waals surface area contributed by atoms with Crippen LogP contribution in [0.2, 0.25) is 0 Å². The van der Waals surface area contributed by atoms with E-state index in [1.807, 2.05) is 35.8 Å². The number of nitrogens with one attached hydrogen (secondary N) is 1. The summed E-state index contributed by atoms with van der Waals surface area (Å²) in [5, 5.41) is 3.32. The van der Waals surface area contributed by atoms with Crippen LogP contribution < -0.4 is 10.1 Å². The molecule has 1 atom stereocenters. The minimum atomic E-state index is -0.0182. The predicted molar refractivity (Wildman–Crippen MR) is 98.1 cm³/mol. The maximum absolute atomic E-state index is 5.76. The lowest BCUT2D eigenvalue weighted by Gasteiger charge is -2.13. The van der Waals surface area contributed by atoms with Gasteiger partial charge in [0, 0.05) is 6.61 Å². The topological polar surface area (TPSA) is 74.1 Å². The van der Waals surface area contributed by atoms with Crippen LogP contribution >= 0.6 is 15.9 Å². The molecule has 1 aliphatic rings. The van der Waals surface area contributed by atoms with E-state index in [0.717, 1.165) is 36.5 Å². The summed E-state index contributed by atoms with van der Waals surface area (Å²) in [6.07, 6.45) is 3.75. The molecule has 8 heteroatoms. The van der Waals surface area contributed by atoms with E-state index in [4.69, 9.17) is 9.47 Å². The zero-order valence-corrected chi connectivity index (χ0v) is 15.4. The SMILES string of the molecule is CCOc1ccccc1Nc1nc(Br)nc2c1ncn2C1CCCO1. The lowest BCUT2D eigenvalue weighted by molar-refractivity contribution is 0.0592. The van der Waals surface area contributed by atoms with E-state index in [-0.39, 0.29) is 6.23 Å². The number of imidazole rings is 1. The average molecular weight is 404 g/mol. The van der Waals surface area contributed by atoms with Gasteiger partial charge in [-0.2, -0.15) is 0 Å². The second-order valence-corrected chi connectivity index (χ2v) is 6.40. The Kier molecular flexibility index (Phi) is 4.54. The standard InChI is InChI=1S/C17H18BrN5O2/c1-2-24-12-7-4-3-6-11(12)20-15-14-16(22-17(18)21-15)23(10-19-14)13-8-5-9-25-13/h3-4,6-7,10,13H,2,5,8-9H2,1H3,(H,20,21,22). The third-order valence-electron chi connectivity index (χ3n) is 4.05. The van der Waals surface area contributed by atoms with Crippen LogP contribution in [0.15, 0.2) is 35.3 Å². The third kappa shape index (κ3) is 3.19. The minimum absolute atomic E-state index is 0.0182. The fourth-order valence-corrected chi connectivity index (χ4v) is 3.29. The molecule has 0 amide bonds. The van der Waals surface area contributed by atoms with Crippen molar-refractivity contribution in [2.45, 2.75) is 26.0 Å². The summed E-state index contributed by atoms with van der Waals surface area (Å²) in [4.78, 5) is 13.5. The van der Waals surface area contributed by atoms with Crippen molar-refractivity contribution in [3.63, 3.8) is 0 Å². The number of benzene rings is 1. The van der Waals surface area contributed by atoms with Crippen molar-refractivity contribution in [3.05, 3.63) is 35.3 Å². The first-order valence-electron chi connectivity index (χ1n) is 8.27. The molecule has 1 aliphatic heterocycles. The van der Waals surface area contributed by atoms with Gasteiger partial charge in [-0.1, -0.05) is 12.1 Å². The van der Waals surface area contributed by atoms with Crippen molar-refractivity contribution < 1.29 is 9.47 Å². The van der Waals surface area contributed by atoms with E-state index in [9.17, 15) is 0 Å². The molecule has 0 spiro atoms. The second-order valence-electron chi connectivity index (χ2n) is 5.69. The Morgan fingerprint density at radius 3 is 3.04 bits per heavy atom. The van der Waals surface area contributed by atoms with Gasteiger partial charge in [-0.15, -0.1) is 0 Å². The summed E-state index contributed by atoms with van der Waals surface area (Å²) >= 11 is 3.40. The van der Waals surface area contributed by atoms with Gasteiger partial charge in [0.1, 0.15) is 12.0 Å². The Hall–Kier alpha value is -2.19. The highest BCUT2D eigenvalue weighted by atomic mass is 79.9. The van der Waals surface area contributed by atoms with E-state index in [0.29, 0.717) is 22.7 Å². The molecule has 0 radical (unpaired) electrons. The molecule has 0 saturated carbocycles. The monoisotopic (exact) mass is 403 g/mol. The maximum atomic E-state index is 5.76. The van der Waals surface area contributed by atoms with Crippen LogP contribution in [0.25, 0.3) is 11.2 Å². The van der Waals surface area contributed by atoms with Crippen LogP contribution in [0.1, 0.15) is 26.0 Å². The van der Waals surface area contributed by atoms with Crippen molar-refractivity contribution in [2.75, 3.05) is 18.5 Å². The first-order valence-corrected chi connectivity index (χ1v) is 9.06. The molecule has 1 unspecified atom stereocenters. The minimum Gasteiger partial charge on any atom is -0.492 e. The lowest BCUT2D eigenvalue weighted by atomic mass is 10.3. The molecule has 3 aromatic rings. The molecule has 25 heavy (non-hydrogen) atoms. The van der Waals surface area contributed by atoms with Crippen molar-refractivity contribution in [2.24, 2.45) is 0 Å². The fraction of sp³-hybridized carbons (Fsp3) is 0.353. The quantitative estimate of drug-likeness (QED) is 0.647. The molecule has 130 valence electrons. The van der Waals surface area contributed by atoms with E-state index in [1.165, 1.54) is 0 Å². The van der Waals surface area contributed by atoms with Crippen LogP contribution in [-0.2, 0) is 4.74 Å². The summed E-state index contributed by atoms with van der Waals surface area (Å²) in [6.45, 7) is 3.32. The molecule has 0 aliphatic carbocycles. The van der Waals surface area contributed by atoms with Crippen LogP contribution in [0.5, 0.6) is 5.75 Å². The van der Waals surface area contributed by atoms with Gasteiger partial charge in [0.25, 0.3) is 0 Å². The van der Waals surface area contributed by atoms with Crippen LogP contribution in [0.3, 0.4) is 0 Å². The highest BCUT2D eigenvalue weighted by Crippen LogP contribution is 2.32. The van der Waals surface area contributed by atoms with Crippen LogP contribution in [0, 0.1) is 0 Å². The summed E-state index contributed by atoms with van der Waals surface area (Å²) in [7, 11) is 0. The molecule has 7 nitrogen and oxygen atoms in total. The number of hydrogen-bond acceptors (Lipinski definition) is 6. The number of nitrogens with zero attached hydrogens (tertiary/aromatic N) is 4. The number of anilines is 2. The van der Waals surface area contributed by atoms with Gasteiger partial charge in [0.2, 0.25) is 4.73 Å². The number of aromatic nitrogens is 4. The average Bonchev–Trinajstić information content (AvgIpc) is 3.25. The normalized spacial score (nSPS) is 17.1. The molecule has 4 rings (SSSR count). The largest absolute Gasteiger partial charge is 0.492 e. The predicted octanol–water partition coefficient (Wildman–Crippen LogP) is 4.04. The first-order chi connectivity index (χ1) is 12.3. The van der Waals surface area contributed by atoms with E-state index in [1.54, 1.807) is 6.33 Å². The summed E-state index contributed by atoms with van der Waals surface area (Å²) in [6, 6.07) is 7.76. The Bertz CT molecular complexity index is 892. The molecule has 1 saturated heterocycles. The Morgan fingerprint density at radius 2 is 2.24 bits per heavy atom. The van der Waals surface area contributed by atoms with Gasteiger partial charge < -0.3 is 14.8 Å². The van der Waals surface area contributed by atoms with Gasteiger partial charge in [-0.3, -0.25) is 4.57 Å². The molecular formula is C17H18BrN5O2. The lowest BCUT2D eigenvalue weighted by Crippen LogP contribution is -2.07. The molecule has 0 bridgehead atoms.